The van der Waals surface area contributed by atoms with E-state index in [9.17, 15) is 9.59 Å². The summed E-state index contributed by atoms with van der Waals surface area (Å²) in [6.07, 6.45) is -0.250. The van der Waals surface area contributed by atoms with Gasteiger partial charge in [0.15, 0.2) is 0 Å². The number of carboxylic acids is 1. The van der Waals surface area contributed by atoms with Gasteiger partial charge >= 0.3 is 5.97 Å². The minimum atomic E-state index is -0.995. The molecule has 1 aromatic carbocycles. The third-order valence-corrected chi connectivity index (χ3v) is 3.40. The van der Waals surface area contributed by atoms with Crippen molar-refractivity contribution >= 4 is 5.97 Å². The molecule has 0 radical (unpaired) electrons. The van der Waals surface area contributed by atoms with Crippen molar-refractivity contribution in [2.75, 3.05) is 0 Å². The zero-order chi connectivity index (χ0) is 15.6. The lowest BCUT2D eigenvalue weighted by atomic mass is 10.1. The zero-order valence-corrected chi connectivity index (χ0v) is 12.5. The van der Waals surface area contributed by atoms with E-state index in [-0.39, 0.29) is 18.0 Å². The molecule has 1 aromatic heterocycles. The second kappa shape index (κ2) is 5.95. The fourth-order valence-electron chi connectivity index (χ4n) is 2.37. The molecule has 0 bridgehead atoms. The summed E-state index contributed by atoms with van der Waals surface area (Å²) in [6, 6.07) is 11.3. The molecule has 110 valence electrons. The van der Waals surface area contributed by atoms with Crippen LogP contribution in [0.5, 0.6) is 0 Å². The summed E-state index contributed by atoms with van der Waals surface area (Å²) in [7, 11) is 0. The average Bonchev–Trinajstić information content (AvgIpc) is 2.41. The fraction of sp³-hybridized carbons (Fsp3) is 0.294. The Hall–Kier alpha value is -2.36. The van der Waals surface area contributed by atoms with Crippen LogP contribution in [-0.4, -0.2) is 15.6 Å². The van der Waals surface area contributed by atoms with Crippen LogP contribution in [0.4, 0.5) is 0 Å². The minimum absolute atomic E-state index is 0.0393. The van der Waals surface area contributed by atoms with Gasteiger partial charge < -0.3 is 9.67 Å². The molecular formula is C17H19NO3. The van der Waals surface area contributed by atoms with Crippen molar-refractivity contribution in [2.45, 2.75) is 33.2 Å². The number of aliphatic carboxylic acids is 1. The number of pyridine rings is 1. The molecular weight excluding hydrogens is 266 g/mol. The Kier molecular flexibility index (Phi) is 4.26. The first-order valence-corrected chi connectivity index (χ1v) is 6.93. The van der Waals surface area contributed by atoms with Crippen molar-refractivity contribution in [2.24, 2.45) is 0 Å². The predicted octanol–water partition coefficient (Wildman–Crippen LogP) is 3.03. The van der Waals surface area contributed by atoms with E-state index in [1.54, 1.807) is 10.6 Å². The van der Waals surface area contributed by atoms with Crippen molar-refractivity contribution in [1.82, 2.24) is 4.57 Å². The van der Waals surface area contributed by atoms with Gasteiger partial charge in [-0.2, -0.15) is 0 Å². The van der Waals surface area contributed by atoms with Gasteiger partial charge in [0.2, 0.25) is 0 Å². The monoisotopic (exact) mass is 285 g/mol. The highest BCUT2D eigenvalue weighted by Crippen LogP contribution is 2.22. The highest BCUT2D eigenvalue weighted by molar-refractivity contribution is 5.70. The first-order chi connectivity index (χ1) is 9.90. The van der Waals surface area contributed by atoms with E-state index in [0.29, 0.717) is 5.56 Å². The molecule has 4 nitrogen and oxygen atoms in total. The zero-order valence-electron chi connectivity index (χ0n) is 12.5. The molecule has 0 spiro atoms. The van der Waals surface area contributed by atoms with E-state index in [1.807, 2.05) is 51.1 Å². The molecule has 0 saturated carbocycles. The number of aryl methyl sites for hydroxylation is 1. The van der Waals surface area contributed by atoms with Crippen LogP contribution in [0.3, 0.4) is 0 Å². The Labute approximate surface area is 123 Å². The molecule has 2 rings (SSSR count). The molecule has 0 aliphatic carbocycles. The topological polar surface area (TPSA) is 59.3 Å². The number of carboxylic acid groups (broad SMARTS) is 1. The second-order valence-corrected chi connectivity index (χ2v) is 5.45. The number of carbonyl (C=O) groups is 1. The SMILES string of the molecule is Cc1ccc(-c2ccc(CC(=O)O)c(=O)n2C(C)C)cc1. The van der Waals surface area contributed by atoms with E-state index in [4.69, 9.17) is 5.11 Å². The Morgan fingerprint density at radius 1 is 1.14 bits per heavy atom. The van der Waals surface area contributed by atoms with Crippen LogP contribution in [0.25, 0.3) is 11.3 Å². The molecule has 2 aromatic rings. The van der Waals surface area contributed by atoms with Gasteiger partial charge in [0.1, 0.15) is 0 Å². The van der Waals surface area contributed by atoms with E-state index in [1.165, 1.54) is 0 Å². The lowest BCUT2D eigenvalue weighted by Gasteiger charge is -2.18. The number of hydrogen-bond acceptors (Lipinski definition) is 2. The average molecular weight is 285 g/mol. The molecule has 21 heavy (non-hydrogen) atoms. The van der Waals surface area contributed by atoms with Gasteiger partial charge in [0.25, 0.3) is 5.56 Å². The van der Waals surface area contributed by atoms with Crippen LogP contribution in [0, 0.1) is 6.92 Å². The highest BCUT2D eigenvalue weighted by Gasteiger charge is 2.14. The third kappa shape index (κ3) is 3.21. The summed E-state index contributed by atoms with van der Waals surface area (Å²) >= 11 is 0. The van der Waals surface area contributed by atoms with Crippen LogP contribution < -0.4 is 5.56 Å². The fourth-order valence-corrected chi connectivity index (χ4v) is 2.37. The summed E-state index contributed by atoms with van der Waals surface area (Å²) in [4.78, 5) is 23.4. The maximum atomic E-state index is 12.5. The number of benzene rings is 1. The van der Waals surface area contributed by atoms with Gasteiger partial charge in [0.05, 0.1) is 12.1 Å². The van der Waals surface area contributed by atoms with Gasteiger partial charge in [-0.1, -0.05) is 35.9 Å². The molecule has 0 atom stereocenters. The second-order valence-electron chi connectivity index (χ2n) is 5.45. The van der Waals surface area contributed by atoms with E-state index in [2.05, 4.69) is 0 Å². The predicted molar refractivity (Wildman–Crippen MR) is 82.6 cm³/mol. The van der Waals surface area contributed by atoms with Crippen molar-refractivity contribution < 1.29 is 9.90 Å². The van der Waals surface area contributed by atoms with E-state index >= 15 is 0 Å². The smallest absolute Gasteiger partial charge is 0.308 e. The maximum absolute atomic E-state index is 12.5. The number of hydrogen-bond donors (Lipinski definition) is 1. The van der Waals surface area contributed by atoms with Crippen LogP contribution in [0.1, 0.15) is 31.0 Å². The van der Waals surface area contributed by atoms with Crippen LogP contribution in [-0.2, 0) is 11.2 Å². The Bertz CT molecular complexity index is 712. The quantitative estimate of drug-likeness (QED) is 0.939. The summed E-state index contributed by atoms with van der Waals surface area (Å²) in [5.41, 5.74) is 3.00. The maximum Gasteiger partial charge on any atom is 0.308 e. The van der Waals surface area contributed by atoms with Crippen molar-refractivity contribution in [3.63, 3.8) is 0 Å². The van der Waals surface area contributed by atoms with Crippen molar-refractivity contribution in [1.29, 1.82) is 0 Å². The lowest BCUT2D eigenvalue weighted by Crippen LogP contribution is -2.27. The van der Waals surface area contributed by atoms with Crippen LogP contribution in [0.15, 0.2) is 41.2 Å². The molecule has 0 amide bonds. The van der Waals surface area contributed by atoms with Gasteiger partial charge in [-0.25, -0.2) is 0 Å². The third-order valence-electron chi connectivity index (χ3n) is 3.40. The van der Waals surface area contributed by atoms with E-state index in [0.717, 1.165) is 16.8 Å². The Morgan fingerprint density at radius 3 is 2.29 bits per heavy atom. The lowest BCUT2D eigenvalue weighted by molar-refractivity contribution is -0.136. The Balaban J connectivity index is 2.62. The summed E-state index contributed by atoms with van der Waals surface area (Å²) in [6.45, 7) is 5.85. The Morgan fingerprint density at radius 2 is 1.76 bits per heavy atom. The molecule has 1 heterocycles. The molecule has 0 unspecified atom stereocenters. The van der Waals surface area contributed by atoms with Crippen molar-refractivity contribution in [3.8, 4) is 11.3 Å². The standard InChI is InChI=1S/C17H19NO3/c1-11(2)18-15(13-6-4-12(3)5-7-13)9-8-14(17(18)21)10-16(19)20/h4-9,11H,10H2,1-3H3,(H,19,20). The van der Waals surface area contributed by atoms with Gasteiger partial charge in [-0.3, -0.25) is 9.59 Å². The summed E-state index contributed by atoms with van der Waals surface area (Å²) < 4.78 is 1.66. The molecule has 4 heteroatoms. The van der Waals surface area contributed by atoms with Gasteiger partial charge in [0, 0.05) is 11.6 Å². The molecule has 0 aliphatic rings. The summed E-state index contributed by atoms with van der Waals surface area (Å²) in [5, 5.41) is 8.89. The number of aromatic nitrogens is 1. The van der Waals surface area contributed by atoms with Gasteiger partial charge in [-0.15, -0.1) is 0 Å². The molecule has 0 saturated heterocycles. The van der Waals surface area contributed by atoms with Crippen LogP contribution in [0.2, 0.25) is 0 Å². The normalized spacial score (nSPS) is 10.9. The van der Waals surface area contributed by atoms with Crippen LogP contribution >= 0.6 is 0 Å². The molecule has 0 aliphatic heterocycles. The molecule has 0 fully saturated rings. The highest BCUT2D eigenvalue weighted by atomic mass is 16.4. The largest absolute Gasteiger partial charge is 0.481 e. The van der Waals surface area contributed by atoms with Crippen molar-refractivity contribution in [3.05, 3.63) is 57.9 Å². The first-order valence-electron chi connectivity index (χ1n) is 6.93. The number of rotatable bonds is 4. The first kappa shape index (κ1) is 15.0. The minimum Gasteiger partial charge on any atom is -0.481 e. The van der Waals surface area contributed by atoms with E-state index < -0.39 is 5.97 Å². The van der Waals surface area contributed by atoms with Gasteiger partial charge in [-0.05, 0) is 32.4 Å². The number of nitrogens with zero attached hydrogens (tertiary/aromatic N) is 1. The summed E-state index contributed by atoms with van der Waals surface area (Å²) in [5.74, 6) is -0.995. The molecule has 1 N–H and O–H groups in total.